The molecule has 1 aromatic rings. The largest absolute Gasteiger partial charge is 0.484 e. The minimum Gasteiger partial charge on any atom is -0.484 e. The lowest BCUT2D eigenvalue weighted by Crippen LogP contribution is -2.36. The van der Waals surface area contributed by atoms with Crippen LogP contribution in [0.15, 0.2) is 6.07 Å². The van der Waals surface area contributed by atoms with E-state index in [1.54, 1.807) is 15.6 Å². The van der Waals surface area contributed by atoms with Crippen LogP contribution in [0, 0.1) is 5.92 Å². The van der Waals surface area contributed by atoms with Gasteiger partial charge in [0.15, 0.2) is 5.06 Å². The number of sulfonamides is 1. The Balaban J connectivity index is 1.47. The topological polar surface area (TPSA) is 58.6 Å². The molecular weight excluding hydrogens is 356 g/mol. The summed E-state index contributed by atoms with van der Waals surface area (Å²) in [5.41, 5.74) is 1.13. The molecule has 1 unspecified atom stereocenters. The predicted molar refractivity (Wildman–Crippen MR) is 103 cm³/mol. The third-order valence-corrected chi connectivity index (χ3v) is 8.24. The number of piperidine rings is 1. The number of rotatable bonds is 8. The number of nitrogens with zero attached hydrogens (tertiary/aromatic N) is 1. The average molecular weight is 387 g/mol. The van der Waals surface area contributed by atoms with Gasteiger partial charge in [-0.2, -0.15) is 4.31 Å². The molecule has 0 bridgehead atoms. The van der Waals surface area contributed by atoms with E-state index in [0.717, 1.165) is 42.5 Å². The molecule has 0 saturated carbocycles. The van der Waals surface area contributed by atoms with Crippen LogP contribution in [0.3, 0.4) is 0 Å². The third kappa shape index (κ3) is 5.18. The first-order valence-corrected chi connectivity index (χ1v) is 11.9. The highest BCUT2D eigenvalue weighted by Crippen LogP contribution is 2.34. The van der Waals surface area contributed by atoms with Gasteiger partial charge >= 0.3 is 0 Å². The van der Waals surface area contributed by atoms with Crippen molar-refractivity contribution in [1.29, 1.82) is 0 Å². The Kier molecular flexibility index (Phi) is 6.77. The standard InChI is InChI=1S/C18H30N2O3S2/c1-2-11-25(21,22)20-9-7-17-16(14-20)12-18(24-17)23-10-4-6-15-5-3-8-19-13-15/h12,15,19H,2-11,13-14H2,1H3. The summed E-state index contributed by atoms with van der Waals surface area (Å²) >= 11 is 1.69. The zero-order valence-electron chi connectivity index (χ0n) is 15.1. The molecule has 7 heteroatoms. The second kappa shape index (κ2) is 8.84. The Morgan fingerprint density at radius 3 is 3.08 bits per heavy atom. The van der Waals surface area contributed by atoms with Crippen molar-refractivity contribution in [3.05, 3.63) is 16.5 Å². The van der Waals surface area contributed by atoms with Crippen LogP contribution in [0.5, 0.6) is 5.06 Å². The lowest BCUT2D eigenvalue weighted by atomic mass is 9.95. The van der Waals surface area contributed by atoms with E-state index in [1.165, 1.54) is 30.7 Å². The first-order valence-electron chi connectivity index (χ1n) is 9.51. The Morgan fingerprint density at radius 1 is 1.44 bits per heavy atom. The quantitative estimate of drug-likeness (QED) is 0.698. The molecule has 5 nitrogen and oxygen atoms in total. The first-order chi connectivity index (χ1) is 12.1. The average Bonchev–Trinajstić information content (AvgIpc) is 3.01. The molecule has 1 fully saturated rings. The van der Waals surface area contributed by atoms with Crippen molar-refractivity contribution in [3.63, 3.8) is 0 Å². The molecule has 2 aliphatic heterocycles. The van der Waals surface area contributed by atoms with E-state index in [2.05, 4.69) is 11.4 Å². The molecule has 0 spiro atoms. The molecule has 0 aliphatic carbocycles. The number of hydrogen-bond acceptors (Lipinski definition) is 5. The summed E-state index contributed by atoms with van der Waals surface area (Å²) in [5, 5.41) is 4.40. The zero-order valence-corrected chi connectivity index (χ0v) is 16.8. The van der Waals surface area contributed by atoms with Gasteiger partial charge in [-0.15, -0.1) is 11.3 Å². The highest BCUT2D eigenvalue weighted by Gasteiger charge is 2.27. The SMILES string of the molecule is CCCS(=O)(=O)N1CCc2sc(OCCCC3CCCNC3)cc2C1. The molecule has 25 heavy (non-hydrogen) atoms. The van der Waals surface area contributed by atoms with Crippen molar-refractivity contribution in [1.82, 2.24) is 9.62 Å². The van der Waals surface area contributed by atoms with Gasteiger partial charge < -0.3 is 10.1 Å². The predicted octanol–water partition coefficient (Wildman–Crippen LogP) is 3.00. The summed E-state index contributed by atoms with van der Waals surface area (Å²) in [6.45, 7) is 6.09. The van der Waals surface area contributed by atoms with E-state index in [1.807, 2.05) is 6.92 Å². The van der Waals surface area contributed by atoms with Crippen molar-refractivity contribution < 1.29 is 13.2 Å². The van der Waals surface area contributed by atoms with Gasteiger partial charge in [0.25, 0.3) is 0 Å². The molecule has 1 saturated heterocycles. The number of hydrogen-bond donors (Lipinski definition) is 1. The molecule has 0 aromatic carbocycles. The first kappa shape index (κ1) is 19.1. The van der Waals surface area contributed by atoms with Crippen molar-refractivity contribution in [2.45, 2.75) is 52.0 Å². The van der Waals surface area contributed by atoms with E-state index in [-0.39, 0.29) is 5.75 Å². The molecule has 142 valence electrons. The maximum atomic E-state index is 12.3. The van der Waals surface area contributed by atoms with Crippen molar-refractivity contribution in [2.24, 2.45) is 5.92 Å². The fourth-order valence-corrected chi connectivity index (χ4v) is 6.20. The van der Waals surface area contributed by atoms with E-state index >= 15 is 0 Å². The molecule has 1 aromatic heterocycles. The lowest BCUT2D eigenvalue weighted by molar-refractivity contribution is 0.280. The van der Waals surface area contributed by atoms with E-state index in [9.17, 15) is 8.42 Å². The highest BCUT2D eigenvalue weighted by molar-refractivity contribution is 7.89. The number of thiophene rings is 1. The second-order valence-corrected chi connectivity index (χ2v) is 10.3. The van der Waals surface area contributed by atoms with E-state index in [0.29, 0.717) is 19.5 Å². The van der Waals surface area contributed by atoms with Crippen LogP contribution in [-0.4, -0.2) is 44.7 Å². The van der Waals surface area contributed by atoms with Crippen LogP contribution < -0.4 is 10.1 Å². The van der Waals surface area contributed by atoms with E-state index < -0.39 is 10.0 Å². The van der Waals surface area contributed by atoms with Gasteiger partial charge in [-0.3, -0.25) is 0 Å². The molecule has 1 atom stereocenters. The highest BCUT2D eigenvalue weighted by atomic mass is 32.2. The normalized spacial score (nSPS) is 21.9. The van der Waals surface area contributed by atoms with Gasteiger partial charge in [0, 0.05) is 18.0 Å². The molecule has 2 aliphatic rings. The van der Waals surface area contributed by atoms with Gasteiger partial charge in [0.05, 0.1) is 12.4 Å². The maximum Gasteiger partial charge on any atom is 0.214 e. The van der Waals surface area contributed by atoms with Gasteiger partial charge in [0.1, 0.15) is 0 Å². The van der Waals surface area contributed by atoms with Crippen LogP contribution in [0.1, 0.15) is 49.5 Å². The minimum atomic E-state index is -3.11. The van der Waals surface area contributed by atoms with Crippen LogP contribution in [0.4, 0.5) is 0 Å². The van der Waals surface area contributed by atoms with Crippen molar-refractivity contribution >= 4 is 21.4 Å². The summed E-state index contributed by atoms with van der Waals surface area (Å²) in [6.07, 6.45) is 6.41. The van der Waals surface area contributed by atoms with Gasteiger partial charge in [-0.1, -0.05) is 6.92 Å². The zero-order chi connectivity index (χ0) is 17.7. The molecule has 3 rings (SSSR count). The molecular formula is C18H30N2O3S2. The number of fused-ring (bicyclic) bond motifs is 1. The fourth-order valence-electron chi connectivity index (χ4n) is 3.69. The Bertz CT molecular complexity index is 651. The summed E-state index contributed by atoms with van der Waals surface area (Å²) in [6, 6.07) is 2.05. The van der Waals surface area contributed by atoms with Crippen LogP contribution >= 0.6 is 11.3 Å². The Labute approximate surface area is 155 Å². The molecule has 1 N–H and O–H groups in total. The van der Waals surface area contributed by atoms with Gasteiger partial charge in [0.2, 0.25) is 10.0 Å². The molecule has 3 heterocycles. The lowest BCUT2D eigenvalue weighted by Gasteiger charge is -2.25. The third-order valence-electron chi connectivity index (χ3n) is 5.06. The molecule has 0 amide bonds. The Morgan fingerprint density at radius 2 is 2.32 bits per heavy atom. The smallest absolute Gasteiger partial charge is 0.214 e. The maximum absolute atomic E-state index is 12.3. The van der Waals surface area contributed by atoms with E-state index in [4.69, 9.17) is 4.74 Å². The van der Waals surface area contributed by atoms with Crippen LogP contribution in [-0.2, 0) is 23.0 Å². The molecule has 0 radical (unpaired) electrons. The number of nitrogens with one attached hydrogen (secondary N) is 1. The van der Waals surface area contributed by atoms with Gasteiger partial charge in [-0.05, 0) is 69.2 Å². The van der Waals surface area contributed by atoms with Crippen molar-refractivity contribution in [2.75, 3.05) is 32.0 Å². The minimum absolute atomic E-state index is 0.242. The second-order valence-electron chi connectivity index (χ2n) is 7.12. The van der Waals surface area contributed by atoms with Crippen LogP contribution in [0.2, 0.25) is 0 Å². The summed E-state index contributed by atoms with van der Waals surface area (Å²) in [4.78, 5) is 1.29. The summed E-state index contributed by atoms with van der Waals surface area (Å²) in [5.74, 6) is 1.04. The van der Waals surface area contributed by atoms with Crippen LogP contribution in [0.25, 0.3) is 0 Å². The summed E-state index contributed by atoms with van der Waals surface area (Å²) in [7, 11) is -3.11. The fraction of sp³-hybridized carbons (Fsp3) is 0.778. The van der Waals surface area contributed by atoms with Gasteiger partial charge in [-0.25, -0.2) is 8.42 Å². The Hall–Kier alpha value is -0.630. The number of ether oxygens (including phenoxy) is 1. The summed E-state index contributed by atoms with van der Waals surface area (Å²) < 4.78 is 32.1. The monoisotopic (exact) mass is 386 g/mol. The van der Waals surface area contributed by atoms with Crippen molar-refractivity contribution in [3.8, 4) is 5.06 Å².